The SMILES string of the molecule is Cc1ccccc1S(=O)(=O)NC(=O)NC(Cc1cc(F)cc(F)c1)C(=O)N(C)c1cccc2cnccc12. The largest absolute Gasteiger partial charge is 0.329 e. The molecule has 0 spiro atoms. The van der Waals surface area contributed by atoms with Crippen LogP contribution in [0.25, 0.3) is 10.8 Å². The zero-order chi connectivity index (χ0) is 27.4. The number of nitrogens with zero attached hydrogens (tertiary/aromatic N) is 2. The van der Waals surface area contributed by atoms with E-state index >= 15 is 0 Å². The van der Waals surface area contributed by atoms with Crippen molar-refractivity contribution in [2.75, 3.05) is 11.9 Å². The first-order valence-corrected chi connectivity index (χ1v) is 13.0. The van der Waals surface area contributed by atoms with Crippen LogP contribution in [0, 0.1) is 18.6 Å². The van der Waals surface area contributed by atoms with Gasteiger partial charge < -0.3 is 10.2 Å². The molecule has 0 aliphatic rings. The van der Waals surface area contributed by atoms with Crippen molar-refractivity contribution in [1.29, 1.82) is 0 Å². The van der Waals surface area contributed by atoms with E-state index in [1.54, 1.807) is 49.6 Å². The van der Waals surface area contributed by atoms with E-state index in [0.29, 0.717) is 22.7 Å². The second kappa shape index (κ2) is 10.9. The molecule has 2 N–H and O–H groups in total. The summed E-state index contributed by atoms with van der Waals surface area (Å²) < 4.78 is 55.2. The van der Waals surface area contributed by atoms with Gasteiger partial charge in [0.15, 0.2) is 0 Å². The molecule has 0 saturated carbocycles. The lowest BCUT2D eigenvalue weighted by Gasteiger charge is -2.26. The van der Waals surface area contributed by atoms with E-state index in [9.17, 15) is 26.8 Å². The van der Waals surface area contributed by atoms with Crippen LogP contribution >= 0.6 is 0 Å². The van der Waals surface area contributed by atoms with Crippen LogP contribution in [0.5, 0.6) is 0 Å². The first-order valence-electron chi connectivity index (χ1n) is 11.5. The summed E-state index contributed by atoms with van der Waals surface area (Å²) in [5.41, 5.74) is 1.01. The topological polar surface area (TPSA) is 108 Å². The minimum atomic E-state index is -4.26. The number of halogens is 2. The van der Waals surface area contributed by atoms with Crippen molar-refractivity contribution in [2.24, 2.45) is 0 Å². The van der Waals surface area contributed by atoms with Crippen LogP contribution in [0.15, 0.2) is 84.0 Å². The lowest BCUT2D eigenvalue weighted by molar-refractivity contribution is -0.120. The van der Waals surface area contributed by atoms with E-state index in [1.165, 1.54) is 24.1 Å². The van der Waals surface area contributed by atoms with Crippen LogP contribution in [-0.4, -0.2) is 38.4 Å². The number of carbonyl (C=O) groups is 2. The molecule has 1 heterocycles. The summed E-state index contributed by atoms with van der Waals surface area (Å²) in [5.74, 6) is -2.34. The van der Waals surface area contributed by atoms with Gasteiger partial charge in [-0.3, -0.25) is 9.78 Å². The predicted octanol–water partition coefficient (Wildman–Crippen LogP) is 4.08. The number of hydrogen-bond acceptors (Lipinski definition) is 5. The fourth-order valence-electron chi connectivity index (χ4n) is 4.14. The number of aryl methyl sites for hydroxylation is 1. The van der Waals surface area contributed by atoms with Gasteiger partial charge in [0, 0.05) is 42.7 Å². The number of benzene rings is 3. The smallest absolute Gasteiger partial charge is 0.325 e. The fraction of sp³-hybridized carbons (Fsp3) is 0.148. The van der Waals surface area contributed by atoms with Gasteiger partial charge in [-0.05, 0) is 48.4 Å². The Labute approximate surface area is 218 Å². The van der Waals surface area contributed by atoms with Crippen molar-refractivity contribution in [2.45, 2.75) is 24.3 Å². The van der Waals surface area contributed by atoms with E-state index in [0.717, 1.165) is 17.5 Å². The van der Waals surface area contributed by atoms with E-state index in [1.807, 2.05) is 10.8 Å². The van der Waals surface area contributed by atoms with E-state index in [-0.39, 0.29) is 16.9 Å². The van der Waals surface area contributed by atoms with Crippen molar-refractivity contribution in [3.8, 4) is 0 Å². The minimum absolute atomic E-state index is 0.0958. The third-order valence-corrected chi connectivity index (χ3v) is 7.42. The summed E-state index contributed by atoms with van der Waals surface area (Å²) in [6.45, 7) is 1.58. The average molecular weight is 539 g/mol. The molecule has 1 atom stereocenters. The molecule has 1 unspecified atom stereocenters. The van der Waals surface area contributed by atoms with Crippen LogP contribution in [0.2, 0.25) is 0 Å². The molecule has 1 aromatic heterocycles. The number of hydrogen-bond donors (Lipinski definition) is 2. The standard InChI is InChI=1S/C27H24F2N4O4S/c1-17-6-3-4-9-25(17)38(36,37)32-27(35)31-23(14-18-12-20(28)15-21(29)13-18)26(34)33(2)24-8-5-7-19-16-30-11-10-22(19)24/h3-13,15-16,23H,14H2,1-2H3,(H2,31,32,35). The highest BCUT2D eigenvalue weighted by Gasteiger charge is 2.28. The van der Waals surface area contributed by atoms with Crippen molar-refractivity contribution < 1.29 is 26.8 Å². The molecule has 0 radical (unpaired) electrons. The Hall–Kier alpha value is -4.38. The number of fused-ring (bicyclic) bond motifs is 1. The molecule has 4 rings (SSSR count). The normalized spacial score (nSPS) is 12.1. The maximum absolute atomic E-state index is 13.9. The van der Waals surface area contributed by atoms with E-state index < -0.39 is 39.6 Å². The molecular formula is C27H24F2N4O4S. The highest BCUT2D eigenvalue weighted by atomic mass is 32.2. The molecule has 0 aliphatic carbocycles. The zero-order valence-electron chi connectivity index (χ0n) is 20.5. The Morgan fingerprint density at radius 2 is 1.71 bits per heavy atom. The van der Waals surface area contributed by atoms with Gasteiger partial charge >= 0.3 is 6.03 Å². The molecule has 8 nitrogen and oxygen atoms in total. The molecule has 196 valence electrons. The third-order valence-electron chi connectivity index (χ3n) is 5.93. The van der Waals surface area contributed by atoms with Gasteiger partial charge in [-0.15, -0.1) is 0 Å². The summed E-state index contributed by atoms with van der Waals surface area (Å²) in [6.07, 6.45) is 2.90. The molecular weight excluding hydrogens is 514 g/mol. The van der Waals surface area contributed by atoms with Gasteiger partial charge in [0.05, 0.1) is 10.6 Å². The number of sulfonamides is 1. The highest BCUT2D eigenvalue weighted by molar-refractivity contribution is 7.90. The Morgan fingerprint density at radius 3 is 2.42 bits per heavy atom. The lowest BCUT2D eigenvalue weighted by Crippen LogP contribution is -2.52. The molecule has 3 aromatic carbocycles. The van der Waals surface area contributed by atoms with Crippen LogP contribution in [-0.2, 0) is 21.2 Å². The molecule has 0 saturated heterocycles. The van der Waals surface area contributed by atoms with Crippen molar-refractivity contribution in [1.82, 2.24) is 15.0 Å². The summed E-state index contributed by atoms with van der Waals surface area (Å²) >= 11 is 0. The maximum atomic E-state index is 13.9. The maximum Gasteiger partial charge on any atom is 0.329 e. The quantitative estimate of drug-likeness (QED) is 0.369. The number of aromatic nitrogens is 1. The number of carbonyl (C=O) groups excluding carboxylic acids is 2. The van der Waals surface area contributed by atoms with Gasteiger partial charge in [0.1, 0.15) is 17.7 Å². The molecule has 0 aliphatic heterocycles. The van der Waals surface area contributed by atoms with Crippen LogP contribution in [0.1, 0.15) is 11.1 Å². The number of pyridine rings is 1. The summed E-state index contributed by atoms with van der Waals surface area (Å²) in [7, 11) is -2.78. The third kappa shape index (κ3) is 5.94. The van der Waals surface area contributed by atoms with Gasteiger partial charge in [-0.2, -0.15) is 0 Å². The van der Waals surface area contributed by atoms with Gasteiger partial charge in [-0.25, -0.2) is 26.7 Å². The number of rotatable bonds is 7. The molecule has 0 fully saturated rings. The molecule has 4 aromatic rings. The van der Waals surface area contributed by atoms with E-state index in [4.69, 9.17) is 0 Å². The molecule has 11 heteroatoms. The monoisotopic (exact) mass is 538 g/mol. The van der Waals surface area contributed by atoms with Gasteiger partial charge in [0.25, 0.3) is 10.0 Å². The predicted molar refractivity (Wildman–Crippen MR) is 139 cm³/mol. The van der Waals surface area contributed by atoms with Crippen LogP contribution < -0.4 is 14.9 Å². The number of amides is 3. The number of anilines is 1. The molecule has 0 bridgehead atoms. The van der Waals surface area contributed by atoms with Crippen molar-refractivity contribution in [3.05, 3.63) is 102 Å². The van der Waals surface area contributed by atoms with E-state index in [2.05, 4.69) is 10.3 Å². The second-order valence-electron chi connectivity index (χ2n) is 8.65. The van der Waals surface area contributed by atoms with Crippen LogP contribution in [0.3, 0.4) is 0 Å². The lowest BCUT2D eigenvalue weighted by atomic mass is 10.0. The Bertz CT molecular complexity index is 1600. The first-order chi connectivity index (χ1) is 18.0. The molecule has 3 amide bonds. The summed E-state index contributed by atoms with van der Waals surface area (Å²) in [6, 6.07) is 13.3. The fourth-order valence-corrected chi connectivity index (χ4v) is 5.30. The van der Waals surface area contributed by atoms with Gasteiger partial charge in [0.2, 0.25) is 5.91 Å². The van der Waals surface area contributed by atoms with Crippen molar-refractivity contribution in [3.63, 3.8) is 0 Å². The Balaban J connectivity index is 1.64. The second-order valence-corrected chi connectivity index (χ2v) is 10.3. The first kappa shape index (κ1) is 26.7. The summed E-state index contributed by atoms with van der Waals surface area (Å²) in [5, 5.41) is 3.85. The molecule has 38 heavy (non-hydrogen) atoms. The summed E-state index contributed by atoms with van der Waals surface area (Å²) in [4.78, 5) is 31.7. The Morgan fingerprint density at radius 1 is 1.00 bits per heavy atom. The number of nitrogens with one attached hydrogen (secondary N) is 2. The van der Waals surface area contributed by atoms with Gasteiger partial charge in [-0.1, -0.05) is 30.3 Å². The minimum Gasteiger partial charge on any atom is -0.325 e. The zero-order valence-corrected chi connectivity index (χ0v) is 21.3. The highest BCUT2D eigenvalue weighted by Crippen LogP contribution is 2.26. The van der Waals surface area contributed by atoms with Crippen molar-refractivity contribution >= 4 is 38.4 Å². The number of likely N-dealkylation sites (N-methyl/N-ethyl adjacent to an activating group) is 1. The van der Waals surface area contributed by atoms with Crippen LogP contribution in [0.4, 0.5) is 19.3 Å². The number of urea groups is 1. The average Bonchev–Trinajstić information content (AvgIpc) is 2.86. The Kier molecular flexibility index (Phi) is 7.67.